The smallest absolute Gasteiger partial charge is 0.247 e. The maximum absolute atomic E-state index is 11.4. The van der Waals surface area contributed by atoms with Gasteiger partial charge in [0.05, 0.1) is 11.4 Å². The van der Waals surface area contributed by atoms with Crippen molar-refractivity contribution in [3.05, 3.63) is 24.3 Å². The first-order valence-electron chi connectivity index (χ1n) is 4.41. The molecule has 4 nitrogen and oxygen atoms in total. The topological polar surface area (TPSA) is 58.2 Å². The van der Waals surface area contributed by atoms with Gasteiger partial charge in [-0.25, -0.2) is 0 Å². The van der Waals surface area contributed by atoms with Gasteiger partial charge in [0.1, 0.15) is 12.3 Å². The molecule has 0 aliphatic carbocycles. The van der Waals surface area contributed by atoms with E-state index in [1.165, 1.54) is 0 Å². The molecule has 1 unspecified atom stereocenters. The van der Waals surface area contributed by atoms with Gasteiger partial charge in [-0.05, 0) is 12.1 Å². The van der Waals surface area contributed by atoms with Crippen molar-refractivity contribution in [1.29, 1.82) is 0 Å². The van der Waals surface area contributed by atoms with E-state index in [-0.39, 0.29) is 12.3 Å². The third-order valence-corrected chi connectivity index (χ3v) is 2.16. The molecule has 0 fully saturated rings. The van der Waals surface area contributed by atoms with Crippen LogP contribution in [0.3, 0.4) is 0 Å². The molecule has 1 amide bonds. The maximum atomic E-state index is 11.4. The highest BCUT2D eigenvalue weighted by atomic mass is 16.2. The average Bonchev–Trinajstić information content (AvgIpc) is 2.19. The zero-order valence-electron chi connectivity index (χ0n) is 7.49. The fourth-order valence-electron chi connectivity index (χ4n) is 1.45. The van der Waals surface area contributed by atoms with Crippen LogP contribution in [0.15, 0.2) is 24.3 Å². The van der Waals surface area contributed by atoms with Crippen molar-refractivity contribution in [1.82, 2.24) is 0 Å². The summed E-state index contributed by atoms with van der Waals surface area (Å²) in [6.45, 7) is 0. The number of para-hydroxylation sites is 2. The first-order chi connectivity index (χ1) is 6.81. The Morgan fingerprint density at radius 1 is 1.29 bits per heavy atom. The van der Waals surface area contributed by atoms with E-state index in [1.54, 1.807) is 0 Å². The van der Waals surface area contributed by atoms with E-state index in [4.69, 9.17) is 0 Å². The van der Waals surface area contributed by atoms with Gasteiger partial charge in [0.25, 0.3) is 0 Å². The van der Waals surface area contributed by atoms with Crippen LogP contribution < -0.4 is 10.6 Å². The molecule has 0 saturated carbocycles. The fraction of sp³-hybridized carbons (Fsp3) is 0.200. The van der Waals surface area contributed by atoms with Crippen LogP contribution in [0.1, 0.15) is 6.42 Å². The zero-order valence-corrected chi connectivity index (χ0v) is 7.49. The molecule has 1 aromatic carbocycles. The highest BCUT2D eigenvalue weighted by Gasteiger charge is 2.24. The van der Waals surface area contributed by atoms with Gasteiger partial charge in [-0.15, -0.1) is 0 Å². The molecule has 14 heavy (non-hydrogen) atoms. The molecule has 1 aromatic rings. The first-order valence-corrected chi connectivity index (χ1v) is 4.41. The molecular weight excluding hydrogens is 180 g/mol. The quantitative estimate of drug-likeness (QED) is 0.684. The number of amides is 1. The van der Waals surface area contributed by atoms with Crippen molar-refractivity contribution in [2.24, 2.45) is 0 Å². The minimum Gasteiger partial charge on any atom is -0.372 e. The van der Waals surface area contributed by atoms with Gasteiger partial charge in [-0.1, -0.05) is 12.1 Å². The molecular formula is C10H10N2O2. The summed E-state index contributed by atoms with van der Waals surface area (Å²) < 4.78 is 0. The van der Waals surface area contributed by atoms with E-state index < -0.39 is 6.04 Å². The van der Waals surface area contributed by atoms with E-state index in [1.807, 2.05) is 24.3 Å². The second-order valence-electron chi connectivity index (χ2n) is 3.13. The lowest BCUT2D eigenvalue weighted by atomic mass is 10.1. The molecule has 1 atom stereocenters. The Labute approximate surface area is 81.3 Å². The van der Waals surface area contributed by atoms with Crippen molar-refractivity contribution < 1.29 is 9.59 Å². The molecule has 2 rings (SSSR count). The summed E-state index contributed by atoms with van der Waals surface area (Å²) in [6, 6.07) is 6.97. The molecule has 2 N–H and O–H groups in total. The SMILES string of the molecule is O=CCC1Nc2ccccc2NC1=O. The van der Waals surface area contributed by atoms with Crippen LogP contribution >= 0.6 is 0 Å². The Morgan fingerprint density at radius 2 is 2.00 bits per heavy atom. The molecule has 1 heterocycles. The minimum atomic E-state index is -0.442. The third kappa shape index (κ3) is 1.46. The van der Waals surface area contributed by atoms with Crippen molar-refractivity contribution in [3.8, 4) is 0 Å². The Kier molecular flexibility index (Phi) is 2.18. The molecule has 1 aliphatic rings. The van der Waals surface area contributed by atoms with Crippen LogP contribution in [0, 0.1) is 0 Å². The Hall–Kier alpha value is -1.84. The number of hydrogen-bond acceptors (Lipinski definition) is 3. The predicted molar refractivity (Wildman–Crippen MR) is 53.2 cm³/mol. The number of nitrogens with one attached hydrogen (secondary N) is 2. The lowest BCUT2D eigenvalue weighted by molar-refractivity contribution is -0.119. The lowest BCUT2D eigenvalue weighted by Crippen LogP contribution is -2.38. The van der Waals surface area contributed by atoms with Crippen LogP contribution in [0.4, 0.5) is 11.4 Å². The lowest BCUT2D eigenvalue weighted by Gasteiger charge is -2.25. The zero-order chi connectivity index (χ0) is 9.97. The molecule has 0 saturated heterocycles. The number of fused-ring (bicyclic) bond motifs is 1. The number of carbonyl (C=O) groups is 2. The van der Waals surface area contributed by atoms with E-state index in [2.05, 4.69) is 10.6 Å². The van der Waals surface area contributed by atoms with Crippen LogP contribution in [0.25, 0.3) is 0 Å². The average molecular weight is 190 g/mol. The van der Waals surface area contributed by atoms with E-state index >= 15 is 0 Å². The van der Waals surface area contributed by atoms with E-state index in [9.17, 15) is 9.59 Å². The van der Waals surface area contributed by atoms with Crippen LogP contribution in [0.5, 0.6) is 0 Å². The Morgan fingerprint density at radius 3 is 2.71 bits per heavy atom. The van der Waals surface area contributed by atoms with Gasteiger partial charge >= 0.3 is 0 Å². The highest BCUT2D eigenvalue weighted by molar-refractivity contribution is 6.03. The maximum Gasteiger partial charge on any atom is 0.247 e. The largest absolute Gasteiger partial charge is 0.372 e. The molecule has 4 heteroatoms. The number of benzene rings is 1. The normalized spacial score (nSPS) is 19.1. The van der Waals surface area contributed by atoms with Gasteiger partial charge in [-0.3, -0.25) is 4.79 Å². The van der Waals surface area contributed by atoms with Gasteiger partial charge in [0.2, 0.25) is 5.91 Å². The standard InChI is InChI=1S/C10H10N2O2/c13-6-5-9-10(14)12-8-4-2-1-3-7(8)11-9/h1-4,6,9,11H,5H2,(H,12,14). The number of hydrogen-bond donors (Lipinski definition) is 2. The molecule has 0 radical (unpaired) electrons. The summed E-state index contributed by atoms with van der Waals surface area (Å²) in [7, 11) is 0. The second-order valence-corrected chi connectivity index (χ2v) is 3.13. The first kappa shape index (κ1) is 8.74. The molecule has 0 aromatic heterocycles. The second kappa shape index (κ2) is 3.49. The molecule has 1 aliphatic heterocycles. The van der Waals surface area contributed by atoms with E-state index in [0.29, 0.717) is 0 Å². The predicted octanol–water partition coefficient (Wildman–Crippen LogP) is 1.01. The number of aldehydes is 1. The number of rotatable bonds is 2. The monoisotopic (exact) mass is 190 g/mol. The summed E-state index contributed by atoms with van der Waals surface area (Å²) in [5.41, 5.74) is 1.62. The fourth-order valence-corrected chi connectivity index (χ4v) is 1.45. The number of anilines is 2. The Bertz CT molecular complexity index is 376. The van der Waals surface area contributed by atoms with Crippen molar-refractivity contribution in [2.75, 3.05) is 10.6 Å². The third-order valence-electron chi connectivity index (χ3n) is 2.16. The summed E-state index contributed by atoms with van der Waals surface area (Å²) in [5.74, 6) is -0.157. The minimum absolute atomic E-state index is 0.157. The summed E-state index contributed by atoms with van der Waals surface area (Å²) in [4.78, 5) is 21.7. The number of carbonyl (C=O) groups excluding carboxylic acids is 2. The van der Waals surface area contributed by atoms with Crippen molar-refractivity contribution in [2.45, 2.75) is 12.5 Å². The summed E-state index contributed by atoms with van der Waals surface area (Å²) >= 11 is 0. The van der Waals surface area contributed by atoms with Crippen molar-refractivity contribution >= 4 is 23.6 Å². The van der Waals surface area contributed by atoms with Crippen LogP contribution in [-0.4, -0.2) is 18.2 Å². The summed E-state index contributed by atoms with van der Waals surface area (Å²) in [5, 5.41) is 5.74. The van der Waals surface area contributed by atoms with Gasteiger partial charge in [0.15, 0.2) is 0 Å². The molecule has 0 bridgehead atoms. The van der Waals surface area contributed by atoms with E-state index in [0.717, 1.165) is 17.7 Å². The molecule has 0 spiro atoms. The van der Waals surface area contributed by atoms with Gasteiger partial charge in [0, 0.05) is 6.42 Å². The summed E-state index contributed by atoms with van der Waals surface area (Å²) in [6.07, 6.45) is 0.936. The van der Waals surface area contributed by atoms with Gasteiger partial charge in [-0.2, -0.15) is 0 Å². The van der Waals surface area contributed by atoms with Crippen LogP contribution in [0.2, 0.25) is 0 Å². The molecule has 72 valence electrons. The highest BCUT2D eigenvalue weighted by Crippen LogP contribution is 2.26. The van der Waals surface area contributed by atoms with Crippen LogP contribution in [-0.2, 0) is 9.59 Å². The van der Waals surface area contributed by atoms with Crippen molar-refractivity contribution in [3.63, 3.8) is 0 Å². The van der Waals surface area contributed by atoms with Gasteiger partial charge < -0.3 is 15.4 Å². The Balaban J connectivity index is 2.26.